The number of piperidine rings is 1. The number of methoxy groups -OCH3 is 1. The van der Waals surface area contributed by atoms with E-state index in [4.69, 9.17) is 21.3 Å². The summed E-state index contributed by atoms with van der Waals surface area (Å²) in [6.07, 6.45) is 3.36. The summed E-state index contributed by atoms with van der Waals surface area (Å²) >= 11 is 7.82. The Bertz CT molecular complexity index is 958. The average Bonchev–Trinajstić information content (AvgIpc) is 3.12. The zero-order chi connectivity index (χ0) is 19.5. The smallest absolute Gasteiger partial charge is 0.279 e. The quantitative estimate of drug-likeness (QED) is 0.666. The number of anilines is 1. The lowest BCUT2D eigenvalue weighted by atomic mass is 10.0. The number of hydrogen-bond donors (Lipinski definition) is 2. The van der Waals surface area contributed by atoms with Gasteiger partial charge in [-0.15, -0.1) is 11.3 Å². The number of carbonyl (C=O) groups is 1. The number of para-hydroxylation sites is 1. The van der Waals surface area contributed by atoms with E-state index in [1.807, 2.05) is 12.1 Å². The lowest BCUT2D eigenvalue weighted by molar-refractivity contribution is -0.929. The molecule has 2 aromatic carbocycles. The molecule has 2 N–H and O–H groups in total. The number of ether oxygens (including phenoxy) is 1. The number of rotatable bonds is 5. The second-order valence-corrected chi connectivity index (χ2v) is 8.54. The van der Waals surface area contributed by atoms with Gasteiger partial charge in [-0.1, -0.05) is 23.7 Å². The number of aromatic nitrogens is 1. The first kappa shape index (κ1) is 19.2. The maximum Gasteiger partial charge on any atom is 0.279 e. The molecule has 5 nitrogen and oxygen atoms in total. The van der Waals surface area contributed by atoms with Crippen LogP contribution in [0.15, 0.2) is 42.5 Å². The summed E-state index contributed by atoms with van der Waals surface area (Å²) in [6, 6.07) is 13.7. The molecule has 0 spiro atoms. The average molecular weight is 417 g/mol. The van der Waals surface area contributed by atoms with Gasteiger partial charge in [0, 0.05) is 11.4 Å². The van der Waals surface area contributed by atoms with Crippen molar-refractivity contribution in [3.05, 3.63) is 52.5 Å². The first-order chi connectivity index (χ1) is 13.6. The second-order valence-electron chi connectivity index (χ2n) is 7.05. The van der Waals surface area contributed by atoms with Crippen LogP contribution in [0.5, 0.6) is 5.75 Å². The highest BCUT2D eigenvalue weighted by molar-refractivity contribution is 7.18. The van der Waals surface area contributed by atoms with Gasteiger partial charge < -0.3 is 15.0 Å². The topological polar surface area (TPSA) is 55.7 Å². The number of amides is 1. The predicted octanol–water partition coefficient (Wildman–Crippen LogP) is 3.71. The van der Waals surface area contributed by atoms with E-state index in [9.17, 15) is 4.79 Å². The zero-order valence-corrected chi connectivity index (χ0v) is 17.3. The zero-order valence-electron chi connectivity index (χ0n) is 15.7. The van der Waals surface area contributed by atoms with Crippen molar-refractivity contribution in [2.24, 2.45) is 0 Å². The summed E-state index contributed by atoms with van der Waals surface area (Å²) in [5, 5.41) is 4.65. The fourth-order valence-corrected chi connectivity index (χ4v) is 5.14. The number of thiazole rings is 1. The van der Waals surface area contributed by atoms with Gasteiger partial charge in [0.15, 0.2) is 11.6 Å². The molecule has 0 saturated carbocycles. The van der Waals surface area contributed by atoms with Crippen molar-refractivity contribution in [3.63, 3.8) is 0 Å². The Morgan fingerprint density at radius 2 is 2.18 bits per heavy atom. The number of nitrogens with zero attached hydrogens (tertiary/aromatic N) is 1. The van der Waals surface area contributed by atoms with E-state index in [0.29, 0.717) is 23.0 Å². The summed E-state index contributed by atoms with van der Waals surface area (Å²) < 4.78 is 6.53. The molecular formula is C21H23ClN3O2S+. The Hall–Kier alpha value is -2.15. The normalized spacial score (nSPS) is 19.5. The van der Waals surface area contributed by atoms with Gasteiger partial charge in [-0.2, -0.15) is 0 Å². The molecule has 3 aromatic rings. The van der Waals surface area contributed by atoms with Crippen molar-refractivity contribution in [1.82, 2.24) is 4.98 Å². The summed E-state index contributed by atoms with van der Waals surface area (Å²) in [7, 11) is 1.58. The molecule has 1 saturated heterocycles. The maximum absolute atomic E-state index is 12.8. The largest absolute Gasteiger partial charge is 0.495 e. The van der Waals surface area contributed by atoms with Crippen molar-refractivity contribution in [3.8, 4) is 5.75 Å². The molecule has 2 heterocycles. The van der Waals surface area contributed by atoms with Gasteiger partial charge in [0.2, 0.25) is 0 Å². The van der Waals surface area contributed by atoms with Crippen LogP contribution >= 0.6 is 22.9 Å². The number of benzene rings is 2. The van der Waals surface area contributed by atoms with E-state index in [1.165, 1.54) is 16.0 Å². The highest BCUT2D eigenvalue weighted by Gasteiger charge is 2.32. The van der Waals surface area contributed by atoms with Gasteiger partial charge in [-0.05, 0) is 43.2 Å². The van der Waals surface area contributed by atoms with Crippen LogP contribution in [0.1, 0.15) is 30.3 Å². The van der Waals surface area contributed by atoms with E-state index in [1.54, 1.807) is 36.6 Å². The first-order valence-corrected chi connectivity index (χ1v) is 10.7. The Labute approximate surface area is 173 Å². The number of hydrogen-bond acceptors (Lipinski definition) is 4. The monoisotopic (exact) mass is 416 g/mol. The van der Waals surface area contributed by atoms with Crippen molar-refractivity contribution < 1.29 is 14.4 Å². The van der Waals surface area contributed by atoms with E-state index < -0.39 is 0 Å². The van der Waals surface area contributed by atoms with E-state index >= 15 is 0 Å². The van der Waals surface area contributed by atoms with Gasteiger partial charge in [-0.25, -0.2) is 4.98 Å². The molecule has 0 aliphatic carbocycles. The highest BCUT2D eigenvalue weighted by Crippen LogP contribution is 2.29. The van der Waals surface area contributed by atoms with Crippen molar-refractivity contribution >= 4 is 44.7 Å². The van der Waals surface area contributed by atoms with Gasteiger partial charge in [-0.3, -0.25) is 4.79 Å². The minimum Gasteiger partial charge on any atom is -0.495 e. The molecule has 1 unspecified atom stereocenters. The van der Waals surface area contributed by atoms with Crippen LogP contribution < -0.4 is 15.0 Å². The molecule has 0 bridgehead atoms. The minimum atomic E-state index is -0.0384. The highest BCUT2D eigenvalue weighted by atomic mass is 35.5. The number of nitrogens with one attached hydrogen (secondary N) is 2. The van der Waals surface area contributed by atoms with Crippen LogP contribution in [-0.4, -0.2) is 31.1 Å². The third-order valence-electron chi connectivity index (χ3n) is 5.17. The van der Waals surface area contributed by atoms with Gasteiger partial charge in [0.1, 0.15) is 11.8 Å². The molecule has 2 atom stereocenters. The van der Waals surface area contributed by atoms with Crippen molar-refractivity contribution in [2.75, 3.05) is 25.5 Å². The predicted molar refractivity (Wildman–Crippen MR) is 114 cm³/mol. The van der Waals surface area contributed by atoms with Crippen molar-refractivity contribution in [1.29, 1.82) is 0 Å². The molecule has 1 aromatic heterocycles. The van der Waals surface area contributed by atoms with Crippen LogP contribution in [0.25, 0.3) is 10.2 Å². The summed E-state index contributed by atoms with van der Waals surface area (Å²) in [6.45, 7) is 1.37. The van der Waals surface area contributed by atoms with Gasteiger partial charge >= 0.3 is 0 Å². The van der Waals surface area contributed by atoms with Gasteiger partial charge in [0.05, 0.1) is 29.6 Å². The van der Waals surface area contributed by atoms with E-state index in [0.717, 1.165) is 29.9 Å². The lowest BCUT2D eigenvalue weighted by Crippen LogP contribution is -3.14. The summed E-state index contributed by atoms with van der Waals surface area (Å²) in [5.74, 6) is 0.567. The minimum absolute atomic E-state index is 0.0384. The fraction of sp³-hybridized carbons (Fsp3) is 0.333. The molecular weight excluding hydrogens is 394 g/mol. The molecule has 1 aliphatic heterocycles. The molecule has 1 amide bonds. The van der Waals surface area contributed by atoms with E-state index in [2.05, 4.69) is 17.4 Å². The van der Waals surface area contributed by atoms with E-state index in [-0.39, 0.29) is 11.9 Å². The first-order valence-electron chi connectivity index (χ1n) is 9.47. The number of quaternary nitrogens is 1. The third-order valence-corrected chi connectivity index (χ3v) is 6.55. The number of halogens is 1. The van der Waals surface area contributed by atoms with Crippen LogP contribution in [0.2, 0.25) is 5.02 Å². The van der Waals surface area contributed by atoms with Crippen LogP contribution in [-0.2, 0) is 4.79 Å². The number of fused-ring (bicyclic) bond motifs is 1. The molecule has 28 heavy (non-hydrogen) atoms. The Morgan fingerprint density at radius 3 is 3.00 bits per heavy atom. The molecule has 0 radical (unpaired) electrons. The van der Waals surface area contributed by atoms with Crippen LogP contribution in [0, 0.1) is 0 Å². The SMILES string of the molecule is COc1ccc(Cl)cc1NC(=O)C[NH+]1CCCC[C@@H]1c1nc2ccccc2s1. The standard InChI is InChI=1S/C21H22ClN3O2S/c1-27-18-10-9-14(22)12-16(18)23-20(26)13-25-11-5-4-7-17(25)21-24-15-6-2-3-8-19(15)28-21/h2-3,6,8-10,12,17H,4-5,7,11,13H2,1H3,(H,23,26)/p+1/t17-/m1/s1. The van der Waals surface area contributed by atoms with Crippen LogP contribution in [0.4, 0.5) is 5.69 Å². The summed E-state index contributed by atoms with van der Waals surface area (Å²) in [5.41, 5.74) is 1.65. The Kier molecular flexibility index (Phi) is 5.80. The lowest BCUT2D eigenvalue weighted by Gasteiger charge is -2.30. The molecule has 4 rings (SSSR count). The number of likely N-dealkylation sites (tertiary alicyclic amines) is 1. The number of carbonyl (C=O) groups excluding carboxylic acids is 1. The molecule has 7 heteroatoms. The molecule has 1 aliphatic rings. The maximum atomic E-state index is 12.8. The molecule has 1 fully saturated rings. The molecule has 146 valence electrons. The third kappa shape index (κ3) is 4.14. The fourth-order valence-electron chi connectivity index (χ4n) is 3.81. The van der Waals surface area contributed by atoms with Crippen LogP contribution in [0.3, 0.4) is 0 Å². The Balaban J connectivity index is 1.50. The summed E-state index contributed by atoms with van der Waals surface area (Å²) in [4.78, 5) is 18.9. The second kappa shape index (κ2) is 8.47. The Morgan fingerprint density at radius 1 is 1.32 bits per heavy atom. The van der Waals surface area contributed by atoms with Crippen molar-refractivity contribution in [2.45, 2.75) is 25.3 Å². The van der Waals surface area contributed by atoms with Gasteiger partial charge in [0.25, 0.3) is 5.91 Å².